The van der Waals surface area contributed by atoms with E-state index in [1.165, 1.54) is 0 Å². The summed E-state index contributed by atoms with van der Waals surface area (Å²) in [5.74, 6) is -3.79. The molecule has 0 aromatic carbocycles. The van der Waals surface area contributed by atoms with Crippen molar-refractivity contribution in [2.75, 3.05) is 6.67 Å². The summed E-state index contributed by atoms with van der Waals surface area (Å²) in [5, 5.41) is 12.5. The molecule has 23 heavy (non-hydrogen) atoms. The third-order valence-electron chi connectivity index (χ3n) is 3.62. The first-order valence-corrected chi connectivity index (χ1v) is 6.55. The van der Waals surface area contributed by atoms with Crippen LogP contribution in [0, 0.1) is 0 Å². The number of aromatic nitrogens is 2. The van der Waals surface area contributed by atoms with Gasteiger partial charge in [-0.05, 0) is 6.42 Å². The monoisotopic (exact) mass is 352 g/mol. The SMILES string of the molecule is O[C@@H]1c2c(C(F)(F)F)nn(CC(F)C(F)CF)c2CCC1(F)F. The molecule has 0 spiro atoms. The minimum atomic E-state index is -5.16. The summed E-state index contributed by atoms with van der Waals surface area (Å²) < 4.78 is 104. The molecular weight excluding hydrogens is 340 g/mol. The highest BCUT2D eigenvalue weighted by atomic mass is 19.4. The Morgan fingerprint density at radius 1 is 1.26 bits per heavy atom. The maximum Gasteiger partial charge on any atom is 0.435 e. The zero-order valence-corrected chi connectivity index (χ0v) is 11.4. The first-order chi connectivity index (χ1) is 10.5. The summed E-state index contributed by atoms with van der Waals surface area (Å²) in [6.07, 6.45) is -14.6. The fraction of sp³-hybridized carbons (Fsp3) is 0.750. The molecule has 0 fully saturated rings. The Hall–Kier alpha value is -1.39. The van der Waals surface area contributed by atoms with Gasteiger partial charge >= 0.3 is 6.18 Å². The van der Waals surface area contributed by atoms with Gasteiger partial charge < -0.3 is 5.11 Å². The van der Waals surface area contributed by atoms with Crippen LogP contribution < -0.4 is 0 Å². The molecule has 0 saturated heterocycles. The lowest BCUT2D eigenvalue weighted by Crippen LogP contribution is -2.34. The van der Waals surface area contributed by atoms with Gasteiger partial charge in [0.2, 0.25) is 0 Å². The van der Waals surface area contributed by atoms with E-state index in [2.05, 4.69) is 5.10 Å². The molecule has 1 aliphatic rings. The van der Waals surface area contributed by atoms with E-state index in [0.29, 0.717) is 4.68 Å². The number of aliphatic hydroxyl groups excluding tert-OH is 1. The van der Waals surface area contributed by atoms with Crippen LogP contribution in [0.2, 0.25) is 0 Å². The Labute approximate surface area is 124 Å². The molecule has 2 unspecified atom stereocenters. The van der Waals surface area contributed by atoms with E-state index in [-0.39, 0.29) is 0 Å². The molecule has 1 aromatic rings. The van der Waals surface area contributed by atoms with Gasteiger partial charge in [-0.3, -0.25) is 4.68 Å². The number of aliphatic hydroxyl groups is 1. The molecule has 1 aliphatic carbocycles. The number of fused-ring (bicyclic) bond motifs is 1. The minimum Gasteiger partial charge on any atom is -0.382 e. The second-order valence-electron chi connectivity index (χ2n) is 5.24. The molecule has 132 valence electrons. The van der Waals surface area contributed by atoms with Crippen molar-refractivity contribution >= 4 is 0 Å². The number of hydrogen-bond acceptors (Lipinski definition) is 2. The Balaban J connectivity index is 2.47. The number of halogens is 8. The van der Waals surface area contributed by atoms with Crippen LogP contribution in [0.5, 0.6) is 0 Å². The molecule has 11 heteroatoms. The van der Waals surface area contributed by atoms with Crippen LogP contribution in [0.25, 0.3) is 0 Å². The number of rotatable bonds is 4. The topological polar surface area (TPSA) is 38.1 Å². The van der Waals surface area contributed by atoms with Crippen molar-refractivity contribution in [1.29, 1.82) is 0 Å². The third-order valence-corrected chi connectivity index (χ3v) is 3.62. The van der Waals surface area contributed by atoms with Crippen molar-refractivity contribution in [2.45, 2.75) is 49.9 Å². The third kappa shape index (κ3) is 3.29. The Bertz CT molecular complexity index is 570. The largest absolute Gasteiger partial charge is 0.435 e. The van der Waals surface area contributed by atoms with Crippen LogP contribution in [0.3, 0.4) is 0 Å². The Morgan fingerprint density at radius 3 is 2.39 bits per heavy atom. The van der Waals surface area contributed by atoms with Gasteiger partial charge in [-0.1, -0.05) is 0 Å². The number of hydrogen-bond donors (Lipinski definition) is 1. The Morgan fingerprint density at radius 2 is 1.87 bits per heavy atom. The summed E-state index contributed by atoms with van der Waals surface area (Å²) in [6.45, 7) is -2.75. The van der Waals surface area contributed by atoms with Crippen LogP contribution in [0.4, 0.5) is 35.1 Å². The summed E-state index contributed by atoms with van der Waals surface area (Å²) >= 11 is 0. The van der Waals surface area contributed by atoms with E-state index in [1.54, 1.807) is 0 Å². The fourth-order valence-corrected chi connectivity index (χ4v) is 2.43. The first kappa shape index (κ1) is 18.0. The van der Waals surface area contributed by atoms with Gasteiger partial charge in [0.1, 0.15) is 12.8 Å². The molecule has 0 saturated carbocycles. The van der Waals surface area contributed by atoms with E-state index in [1.807, 2.05) is 0 Å². The zero-order valence-electron chi connectivity index (χ0n) is 11.4. The number of nitrogens with zero attached hydrogens (tertiary/aromatic N) is 2. The lowest BCUT2D eigenvalue weighted by molar-refractivity contribution is -0.150. The van der Waals surface area contributed by atoms with Gasteiger partial charge in [-0.2, -0.15) is 18.3 Å². The smallest absolute Gasteiger partial charge is 0.382 e. The van der Waals surface area contributed by atoms with Gasteiger partial charge in [0.25, 0.3) is 5.92 Å². The number of alkyl halides is 8. The van der Waals surface area contributed by atoms with Crippen molar-refractivity contribution in [1.82, 2.24) is 9.78 Å². The Kier molecular flexibility index (Phi) is 4.62. The average Bonchev–Trinajstić information content (AvgIpc) is 2.81. The maximum absolute atomic E-state index is 13.5. The van der Waals surface area contributed by atoms with E-state index in [4.69, 9.17) is 0 Å². The minimum absolute atomic E-state index is 0.378. The molecule has 0 aliphatic heterocycles. The zero-order chi connectivity index (χ0) is 17.6. The van der Waals surface area contributed by atoms with Gasteiger partial charge in [-0.15, -0.1) is 0 Å². The molecule has 3 atom stereocenters. The average molecular weight is 352 g/mol. The van der Waals surface area contributed by atoms with Gasteiger partial charge in [0.05, 0.1) is 6.54 Å². The van der Waals surface area contributed by atoms with Crippen LogP contribution in [-0.4, -0.2) is 39.8 Å². The van der Waals surface area contributed by atoms with Crippen LogP contribution >= 0.6 is 0 Å². The van der Waals surface area contributed by atoms with Gasteiger partial charge in [-0.25, -0.2) is 22.0 Å². The fourth-order valence-electron chi connectivity index (χ4n) is 2.43. The highest BCUT2D eigenvalue weighted by Gasteiger charge is 2.51. The molecule has 2 rings (SSSR count). The summed E-state index contributed by atoms with van der Waals surface area (Å²) in [6, 6.07) is 0. The predicted octanol–water partition coefficient (Wildman–Crippen LogP) is 3.16. The lowest BCUT2D eigenvalue weighted by atomic mass is 9.89. The summed E-state index contributed by atoms with van der Waals surface area (Å²) in [7, 11) is 0. The lowest BCUT2D eigenvalue weighted by Gasteiger charge is -2.28. The summed E-state index contributed by atoms with van der Waals surface area (Å²) in [5.41, 5.74) is -3.37. The molecule has 0 amide bonds. The second-order valence-corrected chi connectivity index (χ2v) is 5.24. The predicted molar refractivity (Wildman–Crippen MR) is 61.2 cm³/mol. The van der Waals surface area contributed by atoms with E-state index >= 15 is 0 Å². The van der Waals surface area contributed by atoms with Crippen LogP contribution in [-0.2, 0) is 19.1 Å². The van der Waals surface area contributed by atoms with E-state index in [9.17, 15) is 40.2 Å². The molecular formula is C12H12F8N2O. The summed E-state index contributed by atoms with van der Waals surface area (Å²) in [4.78, 5) is 0. The van der Waals surface area contributed by atoms with Crippen molar-refractivity contribution in [3.8, 4) is 0 Å². The maximum atomic E-state index is 13.5. The molecule has 3 nitrogen and oxygen atoms in total. The van der Waals surface area contributed by atoms with Gasteiger partial charge in [0.15, 0.2) is 18.0 Å². The van der Waals surface area contributed by atoms with Gasteiger partial charge in [0, 0.05) is 17.7 Å². The van der Waals surface area contributed by atoms with E-state index < -0.39 is 73.6 Å². The van der Waals surface area contributed by atoms with Crippen molar-refractivity contribution in [3.63, 3.8) is 0 Å². The van der Waals surface area contributed by atoms with Crippen molar-refractivity contribution < 1.29 is 40.2 Å². The standard InChI is InChI=1S/C12H12F8N2O/c13-3-5(14)6(15)4-22-7-1-2-11(16,17)10(23)8(7)9(21-22)12(18,19)20/h5-6,10,23H,1-4H2/t5?,6?,10-/m1/s1. The second kappa shape index (κ2) is 5.91. The highest BCUT2D eigenvalue weighted by Crippen LogP contribution is 2.46. The van der Waals surface area contributed by atoms with E-state index in [0.717, 1.165) is 0 Å². The van der Waals surface area contributed by atoms with Crippen LogP contribution in [0.15, 0.2) is 0 Å². The van der Waals surface area contributed by atoms with Crippen LogP contribution in [0.1, 0.15) is 29.5 Å². The molecule has 1 heterocycles. The molecule has 1 aromatic heterocycles. The highest BCUT2D eigenvalue weighted by molar-refractivity contribution is 5.35. The van der Waals surface area contributed by atoms with Crippen molar-refractivity contribution in [2.24, 2.45) is 0 Å². The van der Waals surface area contributed by atoms with Crippen molar-refractivity contribution in [3.05, 3.63) is 17.0 Å². The quantitative estimate of drug-likeness (QED) is 0.846. The molecule has 0 bridgehead atoms. The first-order valence-electron chi connectivity index (χ1n) is 6.55. The molecule has 1 N–H and O–H groups in total. The molecule has 0 radical (unpaired) electrons. The normalized spacial score (nSPS) is 23.4.